The van der Waals surface area contributed by atoms with Gasteiger partial charge in [0.25, 0.3) is 0 Å². The molecule has 1 aliphatic heterocycles. The summed E-state index contributed by atoms with van der Waals surface area (Å²) in [6.45, 7) is 3.75. The van der Waals surface area contributed by atoms with Gasteiger partial charge < -0.3 is 15.0 Å². The van der Waals surface area contributed by atoms with Gasteiger partial charge in [-0.15, -0.1) is 0 Å². The van der Waals surface area contributed by atoms with E-state index in [2.05, 4.69) is 12.2 Å². The molecule has 2 amide bonds. The lowest BCUT2D eigenvalue weighted by Gasteiger charge is -2.30. The first-order chi connectivity index (χ1) is 9.70. The predicted octanol–water partition coefficient (Wildman–Crippen LogP) is 2.85. The summed E-state index contributed by atoms with van der Waals surface area (Å²) in [5.41, 5.74) is 0.603. The first-order valence-corrected chi connectivity index (χ1v) is 6.85. The molecule has 1 aliphatic rings. The van der Waals surface area contributed by atoms with Crippen LogP contribution in [-0.2, 0) is 0 Å². The van der Waals surface area contributed by atoms with Crippen molar-refractivity contribution in [3.05, 3.63) is 24.3 Å². The van der Waals surface area contributed by atoms with Crippen LogP contribution in [0.4, 0.5) is 10.5 Å². The van der Waals surface area contributed by atoms with Crippen LogP contribution in [0.25, 0.3) is 0 Å². The van der Waals surface area contributed by atoms with Gasteiger partial charge in [-0.05, 0) is 30.9 Å². The molecule has 0 atom stereocenters. The summed E-state index contributed by atoms with van der Waals surface area (Å²) < 4.78 is 5.30. The Morgan fingerprint density at radius 2 is 2.15 bits per heavy atom. The Hall–Kier alpha value is -2.22. The Bertz CT molecular complexity index is 502. The Morgan fingerprint density at radius 1 is 1.45 bits per heavy atom. The maximum Gasteiger partial charge on any atom is 0.321 e. The van der Waals surface area contributed by atoms with E-state index < -0.39 is 0 Å². The monoisotopic (exact) mass is 273 g/mol. The van der Waals surface area contributed by atoms with Crippen LogP contribution in [0.1, 0.15) is 19.8 Å². The molecule has 1 N–H and O–H groups in total. The number of urea groups is 1. The van der Waals surface area contributed by atoms with E-state index in [0.29, 0.717) is 17.4 Å². The number of para-hydroxylation sites is 2. The predicted molar refractivity (Wildman–Crippen MR) is 76.5 cm³/mol. The standard InChI is InChI=1S/C15H19N3O2/c1-12-6-9-18(10-7-12)15(19)17-13-4-2-3-5-14(13)20-11-8-16/h2-5,12H,6-7,9-11H2,1H3,(H,17,19). The molecule has 0 spiro atoms. The van der Waals surface area contributed by atoms with Crippen LogP contribution in [0, 0.1) is 17.2 Å². The fourth-order valence-corrected chi connectivity index (χ4v) is 2.21. The Kier molecular flexibility index (Phi) is 4.83. The molecule has 0 bridgehead atoms. The van der Waals surface area contributed by atoms with Gasteiger partial charge in [0.2, 0.25) is 0 Å². The van der Waals surface area contributed by atoms with Crippen molar-refractivity contribution in [2.75, 3.05) is 25.0 Å². The van der Waals surface area contributed by atoms with Crippen molar-refractivity contribution in [3.63, 3.8) is 0 Å². The van der Waals surface area contributed by atoms with Gasteiger partial charge in [-0.1, -0.05) is 19.1 Å². The number of carbonyl (C=O) groups is 1. The van der Waals surface area contributed by atoms with Crippen molar-refractivity contribution >= 4 is 11.7 Å². The topological polar surface area (TPSA) is 65.4 Å². The lowest BCUT2D eigenvalue weighted by atomic mass is 10.00. The molecule has 0 aliphatic carbocycles. The molecule has 20 heavy (non-hydrogen) atoms. The summed E-state index contributed by atoms with van der Waals surface area (Å²) in [4.78, 5) is 14.0. The first kappa shape index (κ1) is 14.2. The molecule has 5 nitrogen and oxygen atoms in total. The molecule has 106 valence electrons. The zero-order chi connectivity index (χ0) is 14.4. The van der Waals surface area contributed by atoms with Crippen molar-refractivity contribution in [2.24, 2.45) is 5.92 Å². The third-order valence-electron chi connectivity index (χ3n) is 3.49. The number of benzene rings is 1. The summed E-state index contributed by atoms with van der Waals surface area (Å²) >= 11 is 0. The van der Waals surface area contributed by atoms with Gasteiger partial charge in [0.05, 0.1) is 5.69 Å². The lowest BCUT2D eigenvalue weighted by molar-refractivity contribution is 0.186. The van der Waals surface area contributed by atoms with Gasteiger partial charge >= 0.3 is 6.03 Å². The molecule has 1 aromatic rings. The van der Waals surface area contributed by atoms with E-state index in [4.69, 9.17) is 10.00 Å². The molecule has 0 radical (unpaired) electrons. The molecule has 1 fully saturated rings. The minimum Gasteiger partial charge on any atom is -0.477 e. The second kappa shape index (κ2) is 6.80. The Balaban J connectivity index is 1.99. The van der Waals surface area contributed by atoms with Crippen LogP contribution < -0.4 is 10.1 Å². The molecule has 1 heterocycles. The molecule has 2 rings (SSSR count). The van der Waals surface area contributed by atoms with Gasteiger partial charge in [0, 0.05) is 13.1 Å². The van der Waals surface area contributed by atoms with Crippen molar-refractivity contribution < 1.29 is 9.53 Å². The number of piperidine rings is 1. The van der Waals surface area contributed by atoms with Gasteiger partial charge in [0.1, 0.15) is 11.8 Å². The molecule has 0 saturated carbocycles. The largest absolute Gasteiger partial charge is 0.477 e. The maximum atomic E-state index is 12.2. The maximum absolute atomic E-state index is 12.2. The minimum atomic E-state index is -0.107. The molecule has 0 unspecified atom stereocenters. The number of hydrogen-bond donors (Lipinski definition) is 1. The normalized spacial score (nSPS) is 15.5. The van der Waals surface area contributed by atoms with E-state index in [1.165, 1.54) is 0 Å². The number of rotatable bonds is 3. The van der Waals surface area contributed by atoms with Crippen LogP contribution in [0.2, 0.25) is 0 Å². The van der Waals surface area contributed by atoms with Crippen LogP contribution in [0.3, 0.4) is 0 Å². The van der Waals surface area contributed by atoms with E-state index in [-0.39, 0.29) is 12.6 Å². The Labute approximate surface area is 119 Å². The zero-order valence-corrected chi connectivity index (χ0v) is 11.6. The third kappa shape index (κ3) is 3.64. The highest BCUT2D eigenvalue weighted by atomic mass is 16.5. The number of carbonyl (C=O) groups excluding carboxylic acids is 1. The minimum absolute atomic E-state index is 0.0336. The van der Waals surface area contributed by atoms with E-state index in [1.54, 1.807) is 12.1 Å². The average Bonchev–Trinajstić information content (AvgIpc) is 2.47. The van der Waals surface area contributed by atoms with Gasteiger partial charge in [-0.3, -0.25) is 0 Å². The summed E-state index contributed by atoms with van der Waals surface area (Å²) in [6, 6.07) is 8.97. The van der Waals surface area contributed by atoms with Gasteiger partial charge in [0.15, 0.2) is 6.61 Å². The van der Waals surface area contributed by atoms with E-state index in [1.807, 2.05) is 23.1 Å². The van der Waals surface area contributed by atoms with Gasteiger partial charge in [-0.25, -0.2) is 4.79 Å². The molecule has 5 heteroatoms. The molecule has 0 aromatic heterocycles. The quantitative estimate of drug-likeness (QED) is 0.921. The number of hydrogen-bond acceptors (Lipinski definition) is 3. The highest BCUT2D eigenvalue weighted by Gasteiger charge is 2.20. The number of nitrogens with one attached hydrogen (secondary N) is 1. The second-order valence-corrected chi connectivity index (χ2v) is 5.04. The second-order valence-electron chi connectivity index (χ2n) is 5.04. The van der Waals surface area contributed by atoms with Crippen molar-refractivity contribution in [3.8, 4) is 11.8 Å². The summed E-state index contributed by atoms with van der Waals surface area (Å²) in [6.07, 6.45) is 2.08. The fraction of sp³-hybridized carbons (Fsp3) is 0.467. The number of amides is 2. The molecule has 1 aromatic carbocycles. The van der Waals surface area contributed by atoms with E-state index in [9.17, 15) is 4.79 Å². The fourth-order valence-electron chi connectivity index (χ4n) is 2.21. The van der Waals surface area contributed by atoms with E-state index >= 15 is 0 Å². The SMILES string of the molecule is CC1CCN(C(=O)Nc2ccccc2OCC#N)CC1. The average molecular weight is 273 g/mol. The van der Waals surface area contributed by atoms with Crippen molar-refractivity contribution in [1.82, 2.24) is 4.90 Å². The smallest absolute Gasteiger partial charge is 0.321 e. The van der Waals surface area contributed by atoms with Crippen LogP contribution in [0.5, 0.6) is 5.75 Å². The van der Waals surface area contributed by atoms with Crippen molar-refractivity contribution in [1.29, 1.82) is 5.26 Å². The summed E-state index contributed by atoms with van der Waals surface area (Å²) in [5, 5.41) is 11.4. The molecular weight excluding hydrogens is 254 g/mol. The summed E-state index contributed by atoms with van der Waals surface area (Å²) in [5.74, 6) is 1.21. The highest BCUT2D eigenvalue weighted by Crippen LogP contribution is 2.24. The number of nitrogens with zero attached hydrogens (tertiary/aromatic N) is 2. The highest BCUT2D eigenvalue weighted by molar-refractivity contribution is 5.91. The number of nitriles is 1. The summed E-state index contributed by atoms with van der Waals surface area (Å²) in [7, 11) is 0. The van der Waals surface area contributed by atoms with Gasteiger partial charge in [-0.2, -0.15) is 5.26 Å². The Morgan fingerprint density at radius 3 is 2.85 bits per heavy atom. The number of likely N-dealkylation sites (tertiary alicyclic amines) is 1. The molecule has 1 saturated heterocycles. The third-order valence-corrected chi connectivity index (χ3v) is 3.49. The van der Waals surface area contributed by atoms with Crippen LogP contribution in [0.15, 0.2) is 24.3 Å². The lowest BCUT2D eigenvalue weighted by Crippen LogP contribution is -2.40. The number of anilines is 1. The van der Waals surface area contributed by atoms with Crippen LogP contribution >= 0.6 is 0 Å². The molecular formula is C15H19N3O2. The van der Waals surface area contributed by atoms with Crippen LogP contribution in [-0.4, -0.2) is 30.6 Å². The van der Waals surface area contributed by atoms with Crippen molar-refractivity contribution in [2.45, 2.75) is 19.8 Å². The zero-order valence-electron chi connectivity index (χ0n) is 11.6. The number of ether oxygens (including phenoxy) is 1. The van der Waals surface area contributed by atoms with E-state index in [0.717, 1.165) is 25.9 Å². The first-order valence-electron chi connectivity index (χ1n) is 6.85.